The number of carbonyl (C=O) groups is 1. The van der Waals surface area contributed by atoms with Crippen LogP contribution >= 0.6 is 22.6 Å². The van der Waals surface area contributed by atoms with E-state index in [0.29, 0.717) is 6.42 Å². The third kappa shape index (κ3) is 5.89. The van der Waals surface area contributed by atoms with E-state index >= 15 is 0 Å². The molecule has 3 heteroatoms. The van der Waals surface area contributed by atoms with E-state index in [-0.39, 0.29) is 5.97 Å². The lowest BCUT2D eigenvalue weighted by molar-refractivity contribution is -0.140. The summed E-state index contributed by atoms with van der Waals surface area (Å²) in [6.07, 6.45) is 2.04. The molecular formula is C7H9IO2. The molecule has 0 spiro atoms. The van der Waals surface area contributed by atoms with Gasteiger partial charge < -0.3 is 4.74 Å². The normalized spacial score (nSPS) is 7.80. The molecule has 0 aromatic heterocycles. The predicted molar refractivity (Wildman–Crippen MR) is 47.7 cm³/mol. The number of ether oxygens (including phenoxy) is 1. The fourth-order valence-electron chi connectivity index (χ4n) is 0.470. The van der Waals surface area contributed by atoms with Crippen molar-refractivity contribution >= 4 is 28.6 Å². The lowest BCUT2D eigenvalue weighted by atomic mass is 10.2. The summed E-state index contributed by atoms with van der Waals surface area (Å²) in [6, 6.07) is 0. The van der Waals surface area contributed by atoms with E-state index in [4.69, 9.17) is 0 Å². The molecule has 0 bridgehead atoms. The van der Waals surface area contributed by atoms with Gasteiger partial charge in [0.25, 0.3) is 0 Å². The highest BCUT2D eigenvalue weighted by Crippen LogP contribution is 1.95. The molecule has 0 aliphatic heterocycles. The van der Waals surface area contributed by atoms with Crippen LogP contribution in [0.5, 0.6) is 0 Å². The molecule has 0 aliphatic carbocycles. The van der Waals surface area contributed by atoms with Crippen molar-refractivity contribution in [3.8, 4) is 9.85 Å². The first-order valence-electron chi connectivity index (χ1n) is 2.96. The number of methoxy groups -OCH3 is 1. The van der Waals surface area contributed by atoms with Crippen molar-refractivity contribution in [2.24, 2.45) is 0 Å². The van der Waals surface area contributed by atoms with Gasteiger partial charge in [-0.25, -0.2) is 0 Å². The van der Waals surface area contributed by atoms with Gasteiger partial charge in [0.1, 0.15) is 0 Å². The summed E-state index contributed by atoms with van der Waals surface area (Å²) in [7, 11) is 1.40. The number of esters is 1. The molecule has 0 saturated heterocycles. The zero-order chi connectivity index (χ0) is 7.82. The number of unbranched alkanes of at least 4 members (excludes halogenated alkanes) is 1. The molecular weight excluding hydrogens is 243 g/mol. The van der Waals surface area contributed by atoms with Gasteiger partial charge >= 0.3 is 5.97 Å². The molecule has 0 fully saturated rings. The minimum atomic E-state index is -0.157. The van der Waals surface area contributed by atoms with E-state index in [2.05, 4.69) is 14.6 Å². The molecule has 0 unspecified atom stereocenters. The zero-order valence-electron chi connectivity index (χ0n) is 5.82. The highest BCUT2D eigenvalue weighted by atomic mass is 127. The first kappa shape index (κ1) is 9.76. The van der Waals surface area contributed by atoms with Crippen molar-refractivity contribution in [1.82, 2.24) is 0 Å². The number of hydrogen-bond acceptors (Lipinski definition) is 2. The van der Waals surface area contributed by atoms with Gasteiger partial charge in [0.05, 0.1) is 7.11 Å². The summed E-state index contributed by atoms with van der Waals surface area (Å²) in [5.41, 5.74) is 0. The van der Waals surface area contributed by atoms with E-state index in [9.17, 15) is 4.79 Å². The first-order valence-corrected chi connectivity index (χ1v) is 4.04. The number of hydrogen-bond donors (Lipinski definition) is 0. The second kappa shape index (κ2) is 6.87. The molecule has 2 nitrogen and oxygen atoms in total. The molecule has 0 rings (SSSR count). The third-order valence-electron chi connectivity index (χ3n) is 0.977. The maximum atomic E-state index is 10.5. The van der Waals surface area contributed by atoms with Crippen LogP contribution in [-0.2, 0) is 9.53 Å². The summed E-state index contributed by atoms with van der Waals surface area (Å²) >= 11 is 1.98. The Morgan fingerprint density at radius 1 is 1.70 bits per heavy atom. The average molecular weight is 252 g/mol. The van der Waals surface area contributed by atoms with Crippen LogP contribution in [-0.4, -0.2) is 13.1 Å². The van der Waals surface area contributed by atoms with Gasteiger partial charge in [0, 0.05) is 35.4 Å². The topological polar surface area (TPSA) is 26.3 Å². The molecule has 0 atom stereocenters. The van der Waals surface area contributed by atoms with Crippen molar-refractivity contribution in [3.63, 3.8) is 0 Å². The Hall–Kier alpha value is -0.240. The molecule has 0 aromatic rings. The Morgan fingerprint density at radius 3 is 2.90 bits per heavy atom. The third-order valence-corrected chi connectivity index (χ3v) is 1.36. The van der Waals surface area contributed by atoms with Crippen molar-refractivity contribution in [1.29, 1.82) is 0 Å². The summed E-state index contributed by atoms with van der Waals surface area (Å²) < 4.78 is 7.17. The highest BCUT2D eigenvalue weighted by Gasteiger charge is 1.96. The standard InChI is InChI=1S/C7H9IO2/c1-10-7(9)5-3-2-4-6-8/h2-3,5H2,1H3. The quantitative estimate of drug-likeness (QED) is 0.331. The smallest absolute Gasteiger partial charge is 0.305 e. The Bertz CT molecular complexity index is 155. The van der Waals surface area contributed by atoms with E-state index in [1.54, 1.807) is 0 Å². The van der Waals surface area contributed by atoms with Crippen LogP contribution in [0.3, 0.4) is 0 Å². The van der Waals surface area contributed by atoms with E-state index in [1.807, 2.05) is 22.6 Å². The average Bonchev–Trinajstić information content (AvgIpc) is 1.98. The second-order valence-electron chi connectivity index (χ2n) is 1.70. The summed E-state index contributed by atoms with van der Waals surface area (Å²) in [6.45, 7) is 0. The van der Waals surface area contributed by atoms with Crippen LogP contribution in [0.25, 0.3) is 0 Å². The lowest BCUT2D eigenvalue weighted by Gasteiger charge is -1.93. The fourth-order valence-corrected chi connectivity index (χ4v) is 0.740. The Morgan fingerprint density at radius 2 is 2.40 bits per heavy atom. The highest BCUT2D eigenvalue weighted by molar-refractivity contribution is 14.1. The monoisotopic (exact) mass is 252 g/mol. The minimum Gasteiger partial charge on any atom is -0.469 e. The maximum Gasteiger partial charge on any atom is 0.305 e. The summed E-state index contributed by atoms with van der Waals surface area (Å²) in [4.78, 5) is 10.5. The van der Waals surface area contributed by atoms with Crippen molar-refractivity contribution in [3.05, 3.63) is 0 Å². The molecule has 0 saturated carbocycles. The molecule has 10 heavy (non-hydrogen) atoms. The van der Waals surface area contributed by atoms with E-state index in [0.717, 1.165) is 12.8 Å². The van der Waals surface area contributed by atoms with Gasteiger partial charge in [-0.1, -0.05) is 5.92 Å². The van der Waals surface area contributed by atoms with E-state index in [1.165, 1.54) is 7.11 Å². The van der Waals surface area contributed by atoms with Crippen LogP contribution < -0.4 is 0 Å². The number of halogens is 1. The van der Waals surface area contributed by atoms with Crippen LogP contribution in [0.4, 0.5) is 0 Å². The van der Waals surface area contributed by atoms with Crippen LogP contribution in [0, 0.1) is 9.85 Å². The van der Waals surface area contributed by atoms with Crippen LogP contribution in [0.2, 0.25) is 0 Å². The Kier molecular flexibility index (Phi) is 6.71. The second-order valence-corrected chi connectivity index (χ2v) is 2.24. The number of rotatable bonds is 3. The van der Waals surface area contributed by atoms with Gasteiger partial charge in [0.2, 0.25) is 0 Å². The molecule has 0 amide bonds. The van der Waals surface area contributed by atoms with Gasteiger partial charge in [-0.05, 0) is 10.3 Å². The van der Waals surface area contributed by atoms with Gasteiger partial charge in [-0.15, -0.1) is 0 Å². The van der Waals surface area contributed by atoms with Crippen LogP contribution in [0.1, 0.15) is 19.3 Å². The Labute approximate surface area is 74.5 Å². The molecule has 0 aromatic carbocycles. The summed E-state index contributed by atoms with van der Waals surface area (Å²) in [5.74, 6) is 2.70. The van der Waals surface area contributed by atoms with Crippen molar-refractivity contribution in [2.75, 3.05) is 7.11 Å². The molecule has 56 valence electrons. The minimum absolute atomic E-state index is 0.157. The maximum absolute atomic E-state index is 10.5. The Balaban J connectivity index is 3.17. The van der Waals surface area contributed by atoms with Gasteiger partial charge in [-0.3, -0.25) is 4.79 Å². The van der Waals surface area contributed by atoms with Crippen molar-refractivity contribution < 1.29 is 9.53 Å². The molecule has 0 radical (unpaired) electrons. The zero-order valence-corrected chi connectivity index (χ0v) is 7.97. The van der Waals surface area contributed by atoms with E-state index < -0.39 is 0 Å². The summed E-state index contributed by atoms with van der Waals surface area (Å²) in [5, 5.41) is 0. The van der Waals surface area contributed by atoms with Crippen LogP contribution in [0.15, 0.2) is 0 Å². The van der Waals surface area contributed by atoms with Crippen molar-refractivity contribution in [2.45, 2.75) is 19.3 Å². The SMILES string of the molecule is COC(=O)CCCC#CI. The molecule has 0 N–H and O–H groups in total. The lowest BCUT2D eigenvalue weighted by Crippen LogP contribution is -1.98. The molecule has 0 aliphatic rings. The first-order chi connectivity index (χ1) is 4.81. The molecule has 0 heterocycles. The largest absolute Gasteiger partial charge is 0.469 e. The fraction of sp³-hybridized carbons (Fsp3) is 0.571. The number of carbonyl (C=O) groups excluding carboxylic acids is 1. The predicted octanol–water partition coefficient (Wildman–Crippen LogP) is 1.73. The van der Waals surface area contributed by atoms with Gasteiger partial charge in [-0.2, -0.15) is 0 Å². The van der Waals surface area contributed by atoms with Gasteiger partial charge in [0.15, 0.2) is 0 Å².